The van der Waals surface area contributed by atoms with Crippen molar-refractivity contribution in [3.8, 4) is 0 Å². The molecule has 0 aliphatic heterocycles. The highest BCUT2D eigenvalue weighted by Gasteiger charge is 2.27. The molecule has 0 amide bonds. The smallest absolute Gasteiger partial charge is 0.0934 e. The molecule has 0 aliphatic carbocycles. The second kappa shape index (κ2) is 5.68. The molecule has 0 saturated heterocycles. The third-order valence-electron chi connectivity index (χ3n) is 3.31. The van der Waals surface area contributed by atoms with E-state index in [1.54, 1.807) is 0 Å². The first kappa shape index (κ1) is 13.3. The molecular formula is C16H17BrO. The summed E-state index contributed by atoms with van der Waals surface area (Å²) < 4.78 is 1.06. The quantitative estimate of drug-likeness (QED) is 0.893. The van der Waals surface area contributed by atoms with E-state index < -0.39 is 5.60 Å². The Bertz CT molecular complexity index is 492. The van der Waals surface area contributed by atoms with E-state index in [0.29, 0.717) is 12.8 Å². The molecule has 2 rings (SSSR count). The fraction of sp³-hybridized carbons (Fsp3) is 0.250. The average Bonchev–Trinajstić information content (AvgIpc) is 2.42. The largest absolute Gasteiger partial charge is 0.385 e. The topological polar surface area (TPSA) is 20.2 Å². The van der Waals surface area contributed by atoms with E-state index in [9.17, 15) is 5.11 Å². The maximum absolute atomic E-state index is 10.8. The Balaban J connectivity index is 2.26. The Morgan fingerprint density at radius 1 is 1.00 bits per heavy atom. The zero-order chi connectivity index (χ0) is 13.0. The van der Waals surface area contributed by atoms with Gasteiger partial charge >= 0.3 is 0 Å². The Labute approximate surface area is 117 Å². The van der Waals surface area contributed by atoms with Gasteiger partial charge in [0.05, 0.1) is 5.60 Å². The van der Waals surface area contributed by atoms with Crippen LogP contribution in [0.25, 0.3) is 0 Å². The molecule has 18 heavy (non-hydrogen) atoms. The lowest BCUT2D eigenvalue weighted by Crippen LogP contribution is -2.27. The lowest BCUT2D eigenvalue weighted by atomic mass is 9.85. The van der Waals surface area contributed by atoms with E-state index in [1.807, 2.05) is 61.5 Å². The molecule has 0 spiro atoms. The third-order valence-corrected chi connectivity index (χ3v) is 3.83. The summed E-state index contributed by atoms with van der Waals surface area (Å²) in [6.45, 7) is 2.02. The summed E-state index contributed by atoms with van der Waals surface area (Å²) in [5.74, 6) is 0. The first-order valence-corrected chi connectivity index (χ1v) is 6.96. The van der Waals surface area contributed by atoms with E-state index in [-0.39, 0.29) is 0 Å². The standard InChI is InChI=1S/C16H17BrO/c1-2-16(18,14-6-4-3-5-7-14)12-13-8-10-15(17)11-9-13/h3-11,18H,2,12H2,1H3. The second-order valence-corrected chi connectivity index (χ2v) is 5.47. The van der Waals surface area contributed by atoms with Crippen molar-refractivity contribution in [2.24, 2.45) is 0 Å². The lowest BCUT2D eigenvalue weighted by Gasteiger charge is -2.27. The molecule has 1 nitrogen and oxygen atoms in total. The highest BCUT2D eigenvalue weighted by atomic mass is 79.9. The SMILES string of the molecule is CCC(O)(Cc1ccc(Br)cc1)c1ccccc1. The molecule has 2 heteroatoms. The van der Waals surface area contributed by atoms with Crippen molar-refractivity contribution in [3.05, 3.63) is 70.2 Å². The fourth-order valence-electron chi connectivity index (χ4n) is 2.12. The van der Waals surface area contributed by atoms with Crippen LogP contribution in [-0.2, 0) is 12.0 Å². The molecule has 1 N–H and O–H groups in total. The number of halogens is 1. The number of aliphatic hydroxyl groups is 1. The van der Waals surface area contributed by atoms with Crippen molar-refractivity contribution >= 4 is 15.9 Å². The molecular weight excluding hydrogens is 288 g/mol. The molecule has 94 valence electrons. The Hall–Kier alpha value is -1.12. The summed E-state index contributed by atoms with van der Waals surface area (Å²) in [7, 11) is 0. The van der Waals surface area contributed by atoms with Gasteiger partial charge in [0.25, 0.3) is 0 Å². The minimum Gasteiger partial charge on any atom is -0.385 e. The van der Waals surface area contributed by atoms with Gasteiger partial charge in [-0.25, -0.2) is 0 Å². The van der Waals surface area contributed by atoms with Crippen LogP contribution >= 0.6 is 15.9 Å². The van der Waals surface area contributed by atoms with Gasteiger partial charge in [-0.15, -0.1) is 0 Å². The Kier molecular flexibility index (Phi) is 4.20. The summed E-state index contributed by atoms with van der Waals surface area (Å²) in [5.41, 5.74) is 1.34. The summed E-state index contributed by atoms with van der Waals surface area (Å²) in [6, 6.07) is 18.0. The van der Waals surface area contributed by atoms with Gasteiger partial charge < -0.3 is 5.11 Å². The monoisotopic (exact) mass is 304 g/mol. The van der Waals surface area contributed by atoms with Gasteiger partial charge in [0.1, 0.15) is 0 Å². The number of hydrogen-bond donors (Lipinski definition) is 1. The van der Waals surface area contributed by atoms with Crippen molar-refractivity contribution in [1.29, 1.82) is 0 Å². The highest BCUT2D eigenvalue weighted by molar-refractivity contribution is 9.10. The van der Waals surface area contributed by atoms with Gasteiger partial charge in [-0.3, -0.25) is 0 Å². The predicted octanol–water partition coefficient (Wildman–Crippen LogP) is 4.29. The van der Waals surface area contributed by atoms with E-state index in [1.165, 1.54) is 0 Å². The molecule has 1 unspecified atom stereocenters. The van der Waals surface area contributed by atoms with E-state index >= 15 is 0 Å². The van der Waals surface area contributed by atoms with Crippen LogP contribution in [0.15, 0.2) is 59.1 Å². The van der Waals surface area contributed by atoms with Crippen molar-refractivity contribution in [2.45, 2.75) is 25.4 Å². The molecule has 0 radical (unpaired) electrons. The van der Waals surface area contributed by atoms with E-state index in [0.717, 1.165) is 15.6 Å². The maximum Gasteiger partial charge on any atom is 0.0934 e. The minimum absolute atomic E-state index is 0.640. The van der Waals surface area contributed by atoms with Crippen LogP contribution in [0.4, 0.5) is 0 Å². The zero-order valence-electron chi connectivity index (χ0n) is 10.4. The van der Waals surface area contributed by atoms with Crippen LogP contribution in [0.1, 0.15) is 24.5 Å². The summed E-state index contributed by atoms with van der Waals surface area (Å²) >= 11 is 3.42. The van der Waals surface area contributed by atoms with Gasteiger partial charge in [-0.1, -0.05) is 65.3 Å². The molecule has 1 atom stereocenters. The minimum atomic E-state index is -0.783. The molecule has 0 bridgehead atoms. The number of hydrogen-bond acceptors (Lipinski definition) is 1. The van der Waals surface area contributed by atoms with E-state index in [2.05, 4.69) is 15.9 Å². The molecule has 2 aromatic rings. The van der Waals surface area contributed by atoms with Crippen molar-refractivity contribution < 1.29 is 5.11 Å². The molecule has 0 fully saturated rings. The lowest BCUT2D eigenvalue weighted by molar-refractivity contribution is 0.0327. The van der Waals surface area contributed by atoms with E-state index in [4.69, 9.17) is 0 Å². The van der Waals surface area contributed by atoms with Crippen molar-refractivity contribution in [2.75, 3.05) is 0 Å². The summed E-state index contributed by atoms with van der Waals surface area (Å²) in [5, 5.41) is 10.8. The van der Waals surface area contributed by atoms with Crippen molar-refractivity contribution in [3.63, 3.8) is 0 Å². The molecule has 0 heterocycles. The summed E-state index contributed by atoms with van der Waals surface area (Å²) in [4.78, 5) is 0. The maximum atomic E-state index is 10.8. The highest BCUT2D eigenvalue weighted by Crippen LogP contribution is 2.29. The Morgan fingerprint density at radius 2 is 1.61 bits per heavy atom. The van der Waals surface area contributed by atoms with Crippen LogP contribution in [0, 0.1) is 0 Å². The van der Waals surface area contributed by atoms with Crippen LogP contribution in [0.5, 0.6) is 0 Å². The van der Waals surface area contributed by atoms with Crippen molar-refractivity contribution in [1.82, 2.24) is 0 Å². The van der Waals surface area contributed by atoms with Crippen LogP contribution < -0.4 is 0 Å². The fourth-order valence-corrected chi connectivity index (χ4v) is 2.38. The second-order valence-electron chi connectivity index (χ2n) is 4.55. The summed E-state index contributed by atoms with van der Waals surface area (Å²) in [6.07, 6.45) is 1.34. The van der Waals surface area contributed by atoms with Crippen LogP contribution in [0.2, 0.25) is 0 Å². The van der Waals surface area contributed by atoms with Gasteiger partial charge in [-0.05, 0) is 29.7 Å². The first-order chi connectivity index (χ1) is 8.64. The van der Waals surface area contributed by atoms with Gasteiger partial charge in [-0.2, -0.15) is 0 Å². The van der Waals surface area contributed by atoms with Gasteiger partial charge in [0, 0.05) is 10.9 Å². The zero-order valence-corrected chi connectivity index (χ0v) is 12.0. The number of rotatable bonds is 4. The number of benzene rings is 2. The Morgan fingerprint density at radius 3 is 2.17 bits per heavy atom. The predicted molar refractivity (Wildman–Crippen MR) is 78.5 cm³/mol. The van der Waals surface area contributed by atoms with Crippen LogP contribution in [-0.4, -0.2) is 5.11 Å². The van der Waals surface area contributed by atoms with Crippen LogP contribution in [0.3, 0.4) is 0 Å². The average molecular weight is 305 g/mol. The third kappa shape index (κ3) is 3.01. The molecule has 0 aliphatic rings. The van der Waals surface area contributed by atoms with Gasteiger partial charge in [0.15, 0.2) is 0 Å². The molecule has 2 aromatic carbocycles. The van der Waals surface area contributed by atoms with Gasteiger partial charge in [0.2, 0.25) is 0 Å². The molecule has 0 aromatic heterocycles. The first-order valence-electron chi connectivity index (χ1n) is 6.16. The normalized spacial score (nSPS) is 14.2. The molecule has 0 saturated carbocycles.